The first-order valence-electron chi connectivity index (χ1n) is 8.23. The third-order valence-corrected chi connectivity index (χ3v) is 5.08. The lowest BCUT2D eigenvalue weighted by Gasteiger charge is -2.12. The van der Waals surface area contributed by atoms with E-state index < -0.39 is 11.8 Å². The zero-order chi connectivity index (χ0) is 19.2. The Labute approximate surface area is 166 Å². The van der Waals surface area contributed by atoms with E-state index in [-0.39, 0.29) is 0 Å². The molecule has 0 aliphatic carbocycles. The summed E-state index contributed by atoms with van der Waals surface area (Å²) in [6.45, 7) is 1.83. The second-order valence-electron chi connectivity index (χ2n) is 5.78. The number of carbonyl (C=O) groups is 2. The number of amides is 2. The van der Waals surface area contributed by atoms with E-state index in [4.69, 9.17) is 11.6 Å². The fraction of sp³-hybridized carbons (Fsp3) is 0.0476. The monoisotopic (exact) mass is 396 g/mol. The van der Waals surface area contributed by atoms with Crippen molar-refractivity contribution in [1.29, 1.82) is 0 Å². The minimum absolute atomic E-state index is 0.487. The van der Waals surface area contributed by atoms with Crippen LogP contribution in [0.3, 0.4) is 0 Å². The number of hydrogen-bond donors (Lipinski definition) is 2. The summed E-state index contributed by atoms with van der Waals surface area (Å²) in [6.07, 6.45) is 0. The summed E-state index contributed by atoms with van der Waals surface area (Å²) in [5.74, 6) is -1.49. The Morgan fingerprint density at radius 2 is 1.44 bits per heavy atom. The highest BCUT2D eigenvalue weighted by Crippen LogP contribution is 2.33. The van der Waals surface area contributed by atoms with E-state index in [2.05, 4.69) is 10.6 Å². The SMILES string of the molecule is Cc1ccc(Cl)cc1NC(=O)C(=O)Nc1ccccc1Sc1ccccc1. The minimum Gasteiger partial charge on any atom is -0.317 e. The smallest absolute Gasteiger partial charge is 0.314 e. The predicted molar refractivity (Wildman–Crippen MR) is 110 cm³/mol. The van der Waals surface area contributed by atoms with Crippen LogP contribution in [0.25, 0.3) is 0 Å². The number of halogens is 1. The van der Waals surface area contributed by atoms with E-state index in [0.29, 0.717) is 16.4 Å². The molecule has 0 unspecified atom stereocenters. The van der Waals surface area contributed by atoms with Gasteiger partial charge in [-0.3, -0.25) is 9.59 Å². The minimum atomic E-state index is -0.750. The maximum atomic E-state index is 12.4. The molecule has 2 N–H and O–H groups in total. The van der Waals surface area contributed by atoms with Crippen LogP contribution in [0.15, 0.2) is 82.6 Å². The summed E-state index contributed by atoms with van der Waals surface area (Å²) in [7, 11) is 0. The van der Waals surface area contributed by atoms with Gasteiger partial charge >= 0.3 is 11.8 Å². The summed E-state index contributed by atoms with van der Waals surface area (Å²) >= 11 is 7.47. The van der Waals surface area contributed by atoms with Crippen molar-refractivity contribution in [3.05, 3.63) is 83.4 Å². The van der Waals surface area contributed by atoms with E-state index in [1.807, 2.05) is 55.5 Å². The summed E-state index contributed by atoms with van der Waals surface area (Å²) in [5.41, 5.74) is 1.91. The highest BCUT2D eigenvalue weighted by Gasteiger charge is 2.17. The van der Waals surface area contributed by atoms with Crippen molar-refractivity contribution in [1.82, 2.24) is 0 Å². The number of rotatable bonds is 4. The third kappa shape index (κ3) is 5.12. The highest BCUT2D eigenvalue weighted by atomic mass is 35.5. The fourth-order valence-electron chi connectivity index (χ4n) is 2.36. The molecule has 3 aromatic rings. The topological polar surface area (TPSA) is 58.2 Å². The Balaban J connectivity index is 1.72. The molecule has 0 bridgehead atoms. The second kappa shape index (κ2) is 8.75. The van der Waals surface area contributed by atoms with Crippen LogP contribution in [-0.4, -0.2) is 11.8 Å². The molecule has 3 rings (SSSR count). The summed E-state index contributed by atoms with van der Waals surface area (Å²) in [4.78, 5) is 26.5. The molecular weight excluding hydrogens is 380 g/mol. The molecule has 0 fully saturated rings. The zero-order valence-electron chi connectivity index (χ0n) is 14.5. The van der Waals surface area contributed by atoms with Crippen LogP contribution in [-0.2, 0) is 9.59 Å². The number of hydrogen-bond acceptors (Lipinski definition) is 3. The molecule has 3 aromatic carbocycles. The van der Waals surface area contributed by atoms with Crippen molar-refractivity contribution in [2.75, 3.05) is 10.6 Å². The van der Waals surface area contributed by atoms with Crippen molar-refractivity contribution >= 4 is 46.6 Å². The lowest BCUT2D eigenvalue weighted by molar-refractivity contribution is -0.133. The van der Waals surface area contributed by atoms with Gasteiger partial charge in [0.2, 0.25) is 0 Å². The van der Waals surface area contributed by atoms with Crippen LogP contribution in [0.2, 0.25) is 5.02 Å². The molecule has 0 aromatic heterocycles. The van der Waals surface area contributed by atoms with Gasteiger partial charge in [0.25, 0.3) is 0 Å². The van der Waals surface area contributed by atoms with Crippen LogP contribution in [0, 0.1) is 6.92 Å². The summed E-state index contributed by atoms with van der Waals surface area (Å²) in [6, 6.07) is 22.3. The Hall–Kier alpha value is -2.76. The van der Waals surface area contributed by atoms with Crippen molar-refractivity contribution in [2.45, 2.75) is 16.7 Å². The van der Waals surface area contributed by atoms with Gasteiger partial charge in [0, 0.05) is 20.5 Å². The van der Waals surface area contributed by atoms with E-state index in [9.17, 15) is 9.59 Å². The maximum absolute atomic E-state index is 12.4. The molecule has 2 amide bonds. The first-order valence-corrected chi connectivity index (χ1v) is 9.43. The van der Waals surface area contributed by atoms with Crippen molar-refractivity contribution < 1.29 is 9.59 Å². The van der Waals surface area contributed by atoms with Crippen LogP contribution < -0.4 is 10.6 Å². The highest BCUT2D eigenvalue weighted by molar-refractivity contribution is 7.99. The number of anilines is 2. The molecule has 0 heterocycles. The molecule has 0 saturated heterocycles. The van der Waals surface area contributed by atoms with E-state index in [1.165, 1.54) is 11.8 Å². The number of benzene rings is 3. The maximum Gasteiger partial charge on any atom is 0.314 e. The summed E-state index contributed by atoms with van der Waals surface area (Å²) in [5, 5.41) is 5.77. The third-order valence-electron chi connectivity index (χ3n) is 3.76. The van der Waals surface area contributed by atoms with Crippen molar-refractivity contribution in [3.63, 3.8) is 0 Å². The van der Waals surface area contributed by atoms with Crippen LogP contribution >= 0.6 is 23.4 Å². The number of para-hydroxylation sites is 1. The van der Waals surface area contributed by atoms with Crippen molar-refractivity contribution in [2.24, 2.45) is 0 Å². The van der Waals surface area contributed by atoms with Crippen LogP contribution in [0.4, 0.5) is 11.4 Å². The van der Waals surface area contributed by atoms with E-state index in [0.717, 1.165) is 15.4 Å². The zero-order valence-corrected chi connectivity index (χ0v) is 16.1. The summed E-state index contributed by atoms with van der Waals surface area (Å²) < 4.78 is 0. The number of carbonyl (C=O) groups excluding carboxylic acids is 2. The normalized spacial score (nSPS) is 10.3. The molecular formula is C21H17ClN2O2S. The van der Waals surface area contributed by atoms with Gasteiger partial charge < -0.3 is 10.6 Å². The number of aryl methyl sites for hydroxylation is 1. The quantitative estimate of drug-likeness (QED) is 0.582. The molecule has 0 aliphatic rings. The first kappa shape index (κ1) is 19.0. The molecule has 27 heavy (non-hydrogen) atoms. The molecule has 6 heteroatoms. The Morgan fingerprint density at radius 1 is 0.815 bits per heavy atom. The largest absolute Gasteiger partial charge is 0.317 e. The van der Waals surface area contributed by atoms with E-state index >= 15 is 0 Å². The van der Waals surface area contributed by atoms with Gasteiger partial charge in [-0.1, -0.05) is 59.8 Å². The standard InChI is InChI=1S/C21H17ClN2O2S/c1-14-11-12-15(22)13-18(14)24-21(26)20(25)23-17-9-5-6-10-19(17)27-16-7-3-2-4-8-16/h2-13H,1H3,(H,23,25)(H,24,26). The van der Waals surface area contributed by atoms with Gasteiger partial charge in [-0.25, -0.2) is 0 Å². The molecule has 0 spiro atoms. The Kier molecular flexibility index (Phi) is 6.16. The second-order valence-corrected chi connectivity index (χ2v) is 7.33. The van der Waals surface area contributed by atoms with Crippen molar-refractivity contribution in [3.8, 4) is 0 Å². The fourth-order valence-corrected chi connectivity index (χ4v) is 3.46. The lowest BCUT2D eigenvalue weighted by atomic mass is 10.2. The van der Waals surface area contributed by atoms with Gasteiger partial charge in [0.05, 0.1) is 5.69 Å². The predicted octanol–water partition coefficient (Wildman–Crippen LogP) is 5.38. The van der Waals surface area contributed by atoms with E-state index in [1.54, 1.807) is 24.3 Å². The average Bonchev–Trinajstić information content (AvgIpc) is 2.67. The molecule has 0 saturated carbocycles. The molecule has 0 radical (unpaired) electrons. The molecule has 0 aliphatic heterocycles. The first-order chi connectivity index (χ1) is 13.0. The Morgan fingerprint density at radius 3 is 2.19 bits per heavy atom. The van der Waals surface area contributed by atoms with Gasteiger partial charge in [-0.15, -0.1) is 0 Å². The average molecular weight is 397 g/mol. The lowest BCUT2D eigenvalue weighted by Crippen LogP contribution is -2.29. The van der Waals surface area contributed by atoms with Gasteiger partial charge in [-0.2, -0.15) is 0 Å². The van der Waals surface area contributed by atoms with Gasteiger partial charge in [0.15, 0.2) is 0 Å². The molecule has 4 nitrogen and oxygen atoms in total. The van der Waals surface area contributed by atoms with Crippen LogP contribution in [0.5, 0.6) is 0 Å². The van der Waals surface area contributed by atoms with Crippen LogP contribution in [0.1, 0.15) is 5.56 Å². The molecule has 0 atom stereocenters. The molecule has 136 valence electrons. The number of nitrogens with one attached hydrogen (secondary N) is 2. The van der Waals surface area contributed by atoms with Gasteiger partial charge in [0.1, 0.15) is 0 Å². The van der Waals surface area contributed by atoms with Gasteiger partial charge in [-0.05, 0) is 48.9 Å². The Bertz CT molecular complexity index is 977.